The van der Waals surface area contributed by atoms with Crippen LogP contribution in [0, 0.1) is 23.2 Å². The van der Waals surface area contributed by atoms with E-state index in [2.05, 4.69) is 22.5 Å². The minimum Gasteiger partial charge on any atom is -0.335 e. The Kier molecular flexibility index (Phi) is 7.58. The number of hydrogen-bond donors (Lipinski definition) is 2. The highest BCUT2D eigenvalue weighted by molar-refractivity contribution is 7.97. The summed E-state index contributed by atoms with van der Waals surface area (Å²) in [5.74, 6) is 5.01. The van der Waals surface area contributed by atoms with Crippen molar-refractivity contribution in [2.75, 3.05) is 17.3 Å². The van der Waals surface area contributed by atoms with Gasteiger partial charge < -0.3 is 5.32 Å². The van der Waals surface area contributed by atoms with Crippen molar-refractivity contribution in [1.82, 2.24) is 10.6 Å². The maximum Gasteiger partial charge on any atom is 0.415 e. The van der Waals surface area contributed by atoms with E-state index >= 15 is 0 Å². The molecule has 4 atom stereocenters. The van der Waals surface area contributed by atoms with Crippen molar-refractivity contribution in [3.8, 4) is 17.9 Å². The Hall–Kier alpha value is -1.45. The minimum absolute atomic E-state index is 0.220. The second-order valence-electron chi connectivity index (χ2n) is 6.34. The first-order valence-electron chi connectivity index (χ1n) is 7.80. The summed E-state index contributed by atoms with van der Waals surface area (Å²) in [6, 6.07) is -2.57. The molecule has 140 valence electrons. The van der Waals surface area contributed by atoms with Gasteiger partial charge in [-0.25, -0.2) is 4.39 Å². The maximum atomic E-state index is 14.0. The Morgan fingerprint density at radius 1 is 1.36 bits per heavy atom. The largest absolute Gasteiger partial charge is 0.415 e. The Bertz CT molecular complexity index is 571. The zero-order valence-electron chi connectivity index (χ0n) is 14.3. The van der Waals surface area contributed by atoms with Gasteiger partial charge in [0.2, 0.25) is 5.91 Å². The molecule has 1 heterocycles. The summed E-state index contributed by atoms with van der Waals surface area (Å²) in [6.07, 6.45) is -5.16. The van der Waals surface area contributed by atoms with Gasteiger partial charge in [0.05, 0.1) is 12.1 Å². The molecule has 0 saturated heterocycles. The molecular weight excluding hydrogens is 358 g/mol. The summed E-state index contributed by atoms with van der Waals surface area (Å²) in [7, 11) is -0.404. The minimum atomic E-state index is -4.69. The average molecular weight is 380 g/mol. The highest BCUT2D eigenvalue weighted by Crippen LogP contribution is 2.23. The molecule has 2 N–H and O–H groups in total. The van der Waals surface area contributed by atoms with Crippen molar-refractivity contribution in [3.05, 3.63) is 0 Å². The van der Waals surface area contributed by atoms with E-state index in [0.29, 0.717) is 11.5 Å². The first-order valence-corrected chi connectivity index (χ1v) is 9.53. The predicted octanol–water partition coefficient (Wildman–Crippen LogP) is 1.68. The second kappa shape index (κ2) is 8.77. The molecule has 0 aliphatic carbocycles. The topological polar surface area (TPSA) is 64.9 Å². The van der Waals surface area contributed by atoms with Crippen LogP contribution in [-0.2, 0) is 15.7 Å². The van der Waals surface area contributed by atoms with Gasteiger partial charge in [0.25, 0.3) is 0 Å². The zero-order chi connectivity index (χ0) is 19.3. The lowest BCUT2D eigenvalue weighted by atomic mass is 9.99. The number of rotatable bonds is 3. The maximum absolute atomic E-state index is 14.0. The van der Waals surface area contributed by atoms with Crippen LogP contribution < -0.4 is 10.6 Å². The van der Waals surface area contributed by atoms with Crippen LogP contribution in [0.3, 0.4) is 0 Å². The van der Waals surface area contributed by atoms with Crippen LogP contribution in [-0.4, -0.2) is 53.1 Å². The van der Waals surface area contributed by atoms with Crippen molar-refractivity contribution < 1.29 is 22.4 Å². The molecule has 0 spiro atoms. The quantitative estimate of drug-likeness (QED) is 0.445. The van der Waals surface area contributed by atoms with E-state index in [1.165, 1.54) is 13.8 Å². The van der Waals surface area contributed by atoms with Crippen molar-refractivity contribution >= 4 is 16.8 Å². The van der Waals surface area contributed by atoms with E-state index < -0.39 is 53.2 Å². The van der Waals surface area contributed by atoms with Gasteiger partial charge in [-0.2, -0.15) is 18.4 Å². The molecule has 0 aromatic heterocycles. The molecule has 4 unspecified atom stereocenters. The van der Waals surface area contributed by atoms with Crippen LogP contribution in [0.15, 0.2) is 0 Å². The third kappa shape index (κ3) is 7.54. The number of carbonyl (C=O) groups is 1. The summed E-state index contributed by atoms with van der Waals surface area (Å²) in [6.45, 7) is 4.21. The molecule has 0 fully saturated rings. The number of nitrogens with zero attached hydrogens (tertiary/aromatic N) is 1. The third-order valence-electron chi connectivity index (χ3n) is 3.51. The number of carbonyl (C=O) groups excluding carboxylic acids is 1. The average Bonchev–Trinajstić information content (AvgIpc) is 2.50. The molecule has 1 aliphatic heterocycles. The fraction of sp³-hybridized carbons (Fsp3) is 0.750. The summed E-state index contributed by atoms with van der Waals surface area (Å²) in [4.78, 5) is 12.4. The highest BCUT2D eigenvalue weighted by Gasteiger charge is 2.42. The van der Waals surface area contributed by atoms with E-state index in [-0.39, 0.29) is 5.75 Å². The monoisotopic (exact) mass is 380 g/mol. The number of alkyl halides is 4. The van der Waals surface area contributed by atoms with Gasteiger partial charge in [-0.3, -0.25) is 10.1 Å². The first kappa shape index (κ1) is 21.6. The van der Waals surface area contributed by atoms with Gasteiger partial charge in [0, 0.05) is 17.3 Å². The van der Waals surface area contributed by atoms with Gasteiger partial charge in [-0.05, 0) is 26.7 Å². The van der Waals surface area contributed by atoms with Crippen molar-refractivity contribution in [1.29, 1.82) is 5.26 Å². The molecule has 0 aromatic carbocycles. The zero-order valence-corrected chi connectivity index (χ0v) is 15.2. The van der Waals surface area contributed by atoms with E-state index in [0.717, 1.165) is 0 Å². The summed E-state index contributed by atoms with van der Waals surface area (Å²) < 4.78 is 53.6. The van der Waals surface area contributed by atoms with Crippen molar-refractivity contribution in [3.63, 3.8) is 0 Å². The fourth-order valence-corrected chi connectivity index (χ4v) is 3.75. The molecule has 0 aromatic rings. The third-order valence-corrected chi connectivity index (χ3v) is 5.68. The molecule has 1 aliphatic rings. The first-order chi connectivity index (χ1) is 11.5. The van der Waals surface area contributed by atoms with Gasteiger partial charge in [0.1, 0.15) is 17.2 Å². The van der Waals surface area contributed by atoms with Crippen LogP contribution in [0.25, 0.3) is 0 Å². The summed E-state index contributed by atoms with van der Waals surface area (Å²) >= 11 is 0. The van der Waals surface area contributed by atoms with Crippen LogP contribution in [0.1, 0.15) is 27.2 Å². The molecule has 0 bridgehead atoms. The fourth-order valence-electron chi connectivity index (χ4n) is 2.28. The number of nitriles is 1. The van der Waals surface area contributed by atoms with Gasteiger partial charge in [-0.1, -0.05) is 5.92 Å². The molecule has 25 heavy (non-hydrogen) atoms. The lowest BCUT2D eigenvalue weighted by Crippen LogP contribution is -2.56. The summed E-state index contributed by atoms with van der Waals surface area (Å²) in [5, 5.41) is 13.7. The van der Waals surface area contributed by atoms with E-state index in [4.69, 9.17) is 0 Å². The molecular formula is C16H22F4N3OS+. The Balaban J connectivity index is 3.19. The van der Waals surface area contributed by atoms with E-state index in [9.17, 15) is 27.6 Å². The van der Waals surface area contributed by atoms with E-state index in [1.807, 2.05) is 13.0 Å². The lowest BCUT2D eigenvalue weighted by molar-refractivity contribution is -0.147. The lowest BCUT2D eigenvalue weighted by Gasteiger charge is -2.27. The number of hydrogen-bond acceptors (Lipinski definition) is 3. The SMILES string of the molecule is CC[S+]1CC#CC(C(F)(F)F)NC(CC(C)(C)F)C(=O)NC(C#N)C1. The van der Waals surface area contributed by atoms with E-state index in [1.54, 1.807) is 0 Å². The van der Waals surface area contributed by atoms with Crippen LogP contribution in [0.2, 0.25) is 0 Å². The van der Waals surface area contributed by atoms with Crippen molar-refractivity contribution in [2.24, 2.45) is 0 Å². The molecule has 9 heteroatoms. The second-order valence-corrected chi connectivity index (χ2v) is 8.76. The summed E-state index contributed by atoms with van der Waals surface area (Å²) in [5.41, 5.74) is -1.87. The standard InChI is InChI=1S/C16H21F4N3OS/c1-4-25-7-5-6-13(16(18,19)20)23-12(8-15(2,3)17)14(24)22-11(9-21)10-25/h11-13,23H,4,7-8,10H2,1-3H3/p+1. The van der Waals surface area contributed by atoms with Gasteiger partial charge in [-0.15, -0.1) is 0 Å². The van der Waals surface area contributed by atoms with Crippen molar-refractivity contribution in [2.45, 2.75) is 57.2 Å². The Morgan fingerprint density at radius 3 is 2.48 bits per heavy atom. The van der Waals surface area contributed by atoms with Gasteiger partial charge in [0.15, 0.2) is 17.8 Å². The number of nitrogens with one attached hydrogen (secondary N) is 2. The van der Waals surface area contributed by atoms with Crippen LogP contribution in [0.5, 0.6) is 0 Å². The molecule has 0 saturated carbocycles. The normalized spacial score (nSPS) is 28.8. The van der Waals surface area contributed by atoms with Crippen LogP contribution in [0.4, 0.5) is 17.6 Å². The van der Waals surface area contributed by atoms with Crippen LogP contribution >= 0.6 is 0 Å². The smallest absolute Gasteiger partial charge is 0.335 e. The Labute approximate surface area is 148 Å². The molecule has 4 nitrogen and oxygen atoms in total. The number of amides is 1. The van der Waals surface area contributed by atoms with Gasteiger partial charge >= 0.3 is 6.18 Å². The molecule has 0 radical (unpaired) electrons. The molecule has 1 amide bonds. The number of halogens is 4. The highest BCUT2D eigenvalue weighted by atomic mass is 32.2. The Morgan fingerprint density at radius 2 is 2.00 bits per heavy atom. The predicted molar refractivity (Wildman–Crippen MR) is 89.5 cm³/mol. The molecule has 1 rings (SSSR count).